The molecule has 0 bridgehead atoms. The summed E-state index contributed by atoms with van der Waals surface area (Å²) in [5, 5.41) is 1.29. The van der Waals surface area contributed by atoms with E-state index in [2.05, 4.69) is 81.9 Å². The number of nitrogens with zero attached hydrogens (tertiary/aromatic N) is 2. The summed E-state index contributed by atoms with van der Waals surface area (Å²) in [5.41, 5.74) is 1.27. The molecule has 354 valence electrons. The molecule has 2 fully saturated rings. The van der Waals surface area contributed by atoms with E-state index >= 15 is 0 Å². The molecule has 64 heavy (non-hydrogen) atoms. The highest BCUT2D eigenvalue weighted by Gasteiger charge is 2.28. The Bertz CT molecular complexity index is 1730. The number of pyridine rings is 2. The number of rotatable bonds is 8. The minimum absolute atomic E-state index is 0.246. The maximum Gasteiger partial charge on any atom is 0.212 e. The standard InChI is InChI=1S/2C14H20O3.C10H10N.C6H8N.2C4H8.2C2H6/c2*1-3-12-9-11(2)16-14(17-12)10-15-13-7-5-4-6-8-13;1-11-8-4-6-9-5-2-3-7-10(9)11;1-7-5-3-2-4-6-7;2*1-3-4-2;2*1-2/h2*4-8,11-12,14H,3,9-10H2,1-2H3;2-8H,1H3;2-6H,1H3;2*3-4H,1-2H3;2*1-2H3/q;;2*+1;;;;/b;;;;2*4-3+;;. The van der Waals surface area contributed by atoms with Crippen molar-refractivity contribution in [3.8, 4) is 11.5 Å². The fraction of sp³-hybridized carbons (Fsp3) is 0.464. The third kappa shape index (κ3) is 28.0. The Balaban J connectivity index is 0.000000786. The number of hydrogen-bond acceptors (Lipinski definition) is 6. The number of hydrogen-bond donors (Lipinski definition) is 0. The fourth-order valence-electron chi connectivity index (χ4n) is 5.81. The monoisotopic (exact) mass is 883 g/mol. The topological polar surface area (TPSA) is 63.1 Å². The van der Waals surface area contributed by atoms with E-state index in [0.29, 0.717) is 25.4 Å². The van der Waals surface area contributed by atoms with Crippen LogP contribution in [0.5, 0.6) is 11.5 Å². The second kappa shape index (κ2) is 39.7. The lowest BCUT2D eigenvalue weighted by Gasteiger charge is -2.33. The van der Waals surface area contributed by atoms with Gasteiger partial charge in [0.15, 0.2) is 31.2 Å². The SMILES string of the molecule is C/C=C/C.C/C=C/C.CC.CC.CCC1CC(C)OC(COc2ccccc2)O1.CCC1CC(C)OC(COc2ccccc2)O1.C[n+]1cccc2ccccc21.C[n+]1ccccc1. The third-order valence-corrected chi connectivity index (χ3v) is 9.25. The molecule has 0 radical (unpaired) electrons. The van der Waals surface area contributed by atoms with Crippen LogP contribution in [0.2, 0.25) is 0 Å². The van der Waals surface area contributed by atoms with Crippen LogP contribution in [-0.2, 0) is 33.0 Å². The summed E-state index contributed by atoms with van der Waals surface area (Å²) in [6.07, 6.45) is 18.6. The van der Waals surface area contributed by atoms with Crippen LogP contribution in [-0.4, -0.2) is 50.2 Å². The lowest BCUT2D eigenvalue weighted by molar-refractivity contribution is -0.671. The van der Waals surface area contributed by atoms with Crippen LogP contribution >= 0.6 is 0 Å². The number of fused-ring (bicyclic) bond motifs is 1. The first-order chi connectivity index (χ1) is 31.1. The highest BCUT2D eigenvalue weighted by molar-refractivity contribution is 5.74. The number of benzene rings is 3. The molecular formula is C56H86N2O6+2. The fourth-order valence-corrected chi connectivity index (χ4v) is 5.81. The summed E-state index contributed by atoms with van der Waals surface area (Å²) in [5.74, 6) is 1.71. The van der Waals surface area contributed by atoms with Crippen LogP contribution < -0.4 is 18.6 Å². The van der Waals surface area contributed by atoms with Crippen LogP contribution in [0.1, 0.15) is 109 Å². The van der Waals surface area contributed by atoms with E-state index in [1.807, 2.05) is 183 Å². The first-order valence-electron chi connectivity index (χ1n) is 23.5. The van der Waals surface area contributed by atoms with Gasteiger partial charge in [-0.3, -0.25) is 0 Å². The number of aryl methyl sites for hydroxylation is 2. The summed E-state index contributed by atoms with van der Waals surface area (Å²) in [7, 11) is 4.06. The zero-order chi connectivity index (χ0) is 47.8. The zero-order valence-corrected chi connectivity index (χ0v) is 42.1. The molecule has 6 unspecified atom stereocenters. The molecule has 0 N–H and O–H groups in total. The molecule has 2 aromatic heterocycles. The molecule has 0 spiro atoms. The summed E-state index contributed by atoms with van der Waals surface area (Å²) in [6, 6.07) is 38.0. The molecule has 0 saturated carbocycles. The molecule has 8 nitrogen and oxygen atoms in total. The minimum atomic E-state index is -0.246. The Morgan fingerprint density at radius 1 is 0.500 bits per heavy atom. The molecule has 2 aliphatic heterocycles. The molecule has 2 aliphatic rings. The van der Waals surface area contributed by atoms with Gasteiger partial charge in [-0.2, -0.15) is 0 Å². The third-order valence-electron chi connectivity index (χ3n) is 9.25. The largest absolute Gasteiger partial charge is 0.488 e. The van der Waals surface area contributed by atoms with Crippen LogP contribution in [0.15, 0.2) is 158 Å². The van der Waals surface area contributed by atoms with Crippen LogP contribution in [0, 0.1) is 0 Å². The van der Waals surface area contributed by atoms with Crippen molar-refractivity contribution in [1.82, 2.24) is 0 Å². The molecule has 7 rings (SSSR count). The number of aromatic nitrogens is 2. The smallest absolute Gasteiger partial charge is 0.212 e. The minimum Gasteiger partial charge on any atom is -0.488 e. The molecule has 8 heteroatoms. The Morgan fingerprint density at radius 2 is 0.875 bits per heavy atom. The van der Waals surface area contributed by atoms with Gasteiger partial charge >= 0.3 is 0 Å². The van der Waals surface area contributed by atoms with Gasteiger partial charge in [0.2, 0.25) is 5.52 Å². The predicted molar refractivity (Wildman–Crippen MR) is 269 cm³/mol. The first-order valence-corrected chi connectivity index (χ1v) is 23.5. The predicted octanol–water partition coefficient (Wildman–Crippen LogP) is 13.4. The van der Waals surface area contributed by atoms with E-state index in [1.54, 1.807) is 0 Å². The van der Waals surface area contributed by atoms with E-state index in [4.69, 9.17) is 28.4 Å². The number of allylic oxidation sites excluding steroid dienone is 4. The molecule has 4 heterocycles. The summed E-state index contributed by atoms with van der Waals surface area (Å²) in [4.78, 5) is 0. The van der Waals surface area contributed by atoms with Crippen LogP contribution in [0.3, 0.4) is 0 Å². The van der Waals surface area contributed by atoms with Gasteiger partial charge in [-0.15, -0.1) is 0 Å². The van der Waals surface area contributed by atoms with E-state index in [-0.39, 0.29) is 24.8 Å². The Kier molecular flexibility index (Phi) is 36.7. The second-order valence-corrected chi connectivity index (χ2v) is 14.4. The van der Waals surface area contributed by atoms with Crippen molar-refractivity contribution in [2.45, 2.75) is 146 Å². The zero-order valence-electron chi connectivity index (χ0n) is 42.1. The summed E-state index contributed by atoms with van der Waals surface area (Å²) >= 11 is 0. The van der Waals surface area contributed by atoms with Gasteiger partial charge in [0, 0.05) is 29.7 Å². The van der Waals surface area contributed by atoms with Crippen molar-refractivity contribution >= 4 is 10.9 Å². The Morgan fingerprint density at radius 3 is 1.23 bits per heavy atom. The molecule has 0 amide bonds. The summed E-state index contributed by atoms with van der Waals surface area (Å²) in [6.45, 7) is 25.3. The molecule has 3 aromatic carbocycles. The molecule has 5 aromatic rings. The quantitative estimate of drug-likeness (QED) is 0.114. The van der Waals surface area contributed by atoms with Gasteiger partial charge in [0.1, 0.15) is 38.8 Å². The van der Waals surface area contributed by atoms with Gasteiger partial charge < -0.3 is 28.4 Å². The number of para-hydroxylation sites is 3. The van der Waals surface area contributed by atoms with Gasteiger partial charge in [-0.05, 0) is 104 Å². The number of ether oxygens (including phenoxy) is 6. The van der Waals surface area contributed by atoms with Gasteiger partial charge in [-0.1, -0.05) is 120 Å². The normalized spacial score (nSPS) is 19.5. The van der Waals surface area contributed by atoms with Crippen LogP contribution in [0.4, 0.5) is 0 Å². The maximum atomic E-state index is 5.78. The van der Waals surface area contributed by atoms with Crippen molar-refractivity contribution in [1.29, 1.82) is 0 Å². The molecule has 2 saturated heterocycles. The summed E-state index contributed by atoms with van der Waals surface area (Å²) < 4.78 is 38.3. The average molecular weight is 883 g/mol. The second-order valence-electron chi connectivity index (χ2n) is 14.4. The highest BCUT2D eigenvalue weighted by Crippen LogP contribution is 2.22. The maximum absolute atomic E-state index is 5.78. The lowest BCUT2D eigenvalue weighted by Crippen LogP contribution is -2.39. The van der Waals surface area contributed by atoms with E-state index in [9.17, 15) is 0 Å². The van der Waals surface area contributed by atoms with Crippen LogP contribution in [0.25, 0.3) is 10.9 Å². The van der Waals surface area contributed by atoms with E-state index in [1.165, 1.54) is 10.9 Å². The van der Waals surface area contributed by atoms with Crippen molar-refractivity contribution in [2.24, 2.45) is 14.1 Å². The van der Waals surface area contributed by atoms with Gasteiger partial charge in [0.05, 0.1) is 24.4 Å². The average Bonchev–Trinajstić information content (AvgIpc) is 3.35. The Hall–Kier alpha value is -4.86. The van der Waals surface area contributed by atoms with Gasteiger partial charge in [0.25, 0.3) is 0 Å². The molecular weight excluding hydrogens is 797 g/mol. The van der Waals surface area contributed by atoms with Crippen molar-refractivity contribution in [2.75, 3.05) is 13.2 Å². The van der Waals surface area contributed by atoms with E-state index in [0.717, 1.165) is 37.2 Å². The van der Waals surface area contributed by atoms with Crippen molar-refractivity contribution < 1.29 is 37.6 Å². The van der Waals surface area contributed by atoms with Crippen molar-refractivity contribution in [3.05, 3.63) is 158 Å². The lowest BCUT2D eigenvalue weighted by atomic mass is 10.1. The highest BCUT2D eigenvalue weighted by atomic mass is 16.7. The molecule has 0 aliphatic carbocycles. The first kappa shape index (κ1) is 59.1. The molecule has 6 atom stereocenters. The van der Waals surface area contributed by atoms with Crippen molar-refractivity contribution in [3.63, 3.8) is 0 Å². The van der Waals surface area contributed by atoms with E-state index < -0.39 is 0 Å². The Labute approximate surface area is 389 Å². The van der Waals surface area contributed by atoms with Gasteiger partial charge in [-0.25, -0.2) is 9.13 Å².